The minimum absolute atomic E-state index is 0.0192. The molecule has 0 saturated carbocycles. The number of carbonyl (C=O) groups is 1. The van der Waals surface area contributed by atoms with E-state index in [1.165, 1.54) is 0 Å². The van der Waals surface area contributed by atoms with Crippen molar-refractivity contribution in [3.8, 4) is 6.07 Å². The van der Waals surface area contributed by atoms with Crippen molar-refractivity contribution < 1.29 is 9.18 Å². The molecule has 0 atom stereocenters. The van der Waals surface area contributed by atoms with Crippen LogP contribution in [0.15, 0.2) is 12.1 Å². The number of alkyl halides is 1. The fourth-order valence-corrected chi connectivity index (χ4v) is 1.32. The first-order valence-electron chi connectivity index (χ1n) is 3.68. The van der Waals surface area contributed by atoms with Crippen molar-refractivity contribution in [1.82, 2.24) is 0 Å². The fraction of sp³-hybridized carbons (Fsp3) is 0.111. The van der Waals surface area contributed by atoms with Crippen LogP contribution < -0.4 is 5.73 Å². The Bertz CT molecular complexity index is 426. The second-order valence-corrected chi connectivity index (χ2v) is 3.14. The van der Waals surface area contributed by atoms with E-state index < -0.39 is 5.82 Å². The number of benzene rings is 1. The molecule has 72 valence electrons. The molecule has 0 aromatic heterocycles. The average molecular weight is 257 g/mol. The number of hydrogen-bond acceptors (Lipinski definition) is 3. The summed E-state index contributed by atoms with van der Waals surface area (Å²) in [6, 6.07) is 3.75. The molecule has 0 aliphatic carbocycles. The molecule has 1 aromatic carbocycles. The first-order chi connectivity index (χ1) is 6.60. The molecule has 0 heterocycles. The van der Waals surface area contributed by atoms with Crippen LogP contribution in [0.5, 0.6) is 0 Å². The summed E-state index contributed by atoms with van der Waals surface area (Å²) in [5.74, 6) is -0.987. The van der Waals surface area contributed by atoms with Gasteiger partial charge in [-0.15, -0.1) is 0 Å². The van der Waals surface area contributed by atoms with Gasteiger partial charge in [0.2, 0.25) is 0 Å². The van der Waals surface area contributed by atoms with E-state index in [0.29, 0.717) is 0 Å². The molecule has 5 heteroatoms. The van der Waals surface area contributed by atoms with E-state index in [2.05, 4.69) is 15.9 Å². The van der Waals surface area contributed by atoms with Gasteiger partial charge in [-0.25, -0.2) is 4.39 Å². The summed E-state index contributed by atoms with van der Waals surface area (Å²) in [6.07, 6.45) is 0. The van der Waals surface area contributed by atoms with Crippen LogP contribution in [-0.4, -0.2) is 11.1 Å². The van der Waals surface area contributed by atoms with Crippen molar-refractivity contribution in [3.63, 3.8) is 0 Å². The van der Waals surface area contributed by atoms with Gasteiger partial charge in [-0.05, 0) is 12.1 Å². The highest BCUT2D eigenvalue weighted by atomic mass is 79.9. The van der Waals surface area contributed by atoms with Gasteiger partial charge in [-0.3, -0.25) is 4.79 Å². The van der Waals surface area contributed by atoms with Gasteiger partial charge in [-0.1, -0.05) is 15.9 Å². The van der Waals surface area contributed by atoms with Crippen molar-refractivity contribution in [3.05, 3.63) is 29.1 Å². The lowest BCUT2D eigenvalue weighted by Gasteiger charge is -2.04. The Morgan fingerprint density at radius 2 is 2.29 bits per heavy atom. The zero-order chi connectivity index (χ0) is 10.7. The largest absolute Gasteiger partial charge is 0.397 e. The summed E-state index contributed by atoms with van der Waals surface area (Å²) < 4.78 is 12.9. The molecular weight excluding hydrogens is 251 g/mol. The Morgan fingerprint density at radius 3 is 2.79 bits per heavy atom. The third-order valence-electron chi connectivity index (χ3n) is 1.69. The molecule has 0 fully saturated rings. The molecule has 0 aliphatic heterocycles. The number of rotatable bonds is 2. The third-order valence-corrected chi connectivity index (χ3v) is 2.20. The number of ketones is 1. The quantitative estimate of drug-likeness (QED) is 0.499. The van der Waals surface area contributed by atoms with E-state index in [9.17, 15) is 9.18 Å². The first kappa shape index (κ1) is 10.7. The normalized spacial score (nSPS) is 9.50. The van der Waals surface area contributed by atoms with Crippen LogP contribution in [0.1, 0.15) is 15.9 Å². The van der Waals surface area contributed by atoms with Gasteiger partial charge in [0, 0.05) is 5.56 Å². The Morgan fingerprint density at radius 1 is 1.64 bits per heavy atom. The highest BCUT2D eigenvalue weighted by molar-refractivity contribution is 9.09. The van der Waals surface area contributed by atoms with Crippen LogP contribution in [0.25, 0.3) is 0 Å². The summed E-state index contributed by atoms with van der Waals surface area (Å²) in [6.45, 7) is 0. The summed E-state index contributed by atoms with van der Waals surface area (Å²) in [4.78, 5) is 11.3. The van der Waals surface area contributed by atoms with Crippen LogP contribution in [0.2, 0.25) is 0 Å². The zero-order valence-corrected chi connectivity index (χ0v) is 8.64. The van der Waals surface area contributed by atoms with Crippen LogP contribution in [0.4, 0.5) is 10.1 Å². The Labute approximate surface area is 88.5 Å². The lowest BCUT2D eigenvalue weighted by atomic mass is 10.1. The van der Waals surface area contributed by atoms with Gasteiger partial charge in [0.25, 0.3) is 0 Å². The molecular formula is C9H6BrFN2O. The molecule has 0 amide bonds. The van der Waals surface area contributed by atoms with Crippen molar-refractivity contribution in [2.45, 2.75) is 0 Å². The maximum Gasteiger partial charge on any atom is 0.175 e. The number of nitrogens with two attached hydrogens (primary N) is 1. The number of Topliss-reactive ketones (excluding diaryl/α,β-unsaturated/α-hetero) is 1. The predicted octanol–water partition coefficient (Wildman–Crippen LogP) is 1.86. The van der Waals surface area contributed by atoms with E-state index in [1.54, 1.807) is 6.07 Å². The van der Waals surface area contributed by atoms with E-state index in [1.807, 2.05) is 0 Å². The van der Waals surface area contributed by atoms with Crippen molar-refractivity contribution in [1.29, 1.82) is 5.26 Å². The molecule has 3 nitrogen and oxygen atoms in total. The number of carbonyl (C=O) groups excluding carboxylic acids is 1. The number of nitriles is 1. The second-order valence-electron chi connectivity index (χ2n) is 2.58. The predicted molar refractivity (Wildman–Crippen MR) is 53.7 cm³/mol. The zero-order valence-electron chi connectivity index (χ0n) is 7.05. The lowest BCUT2D eigenvalue weighted by Crippen LogP contribution is -2.07. The minimum Gasteiger partial charge on any atom is -0.397 e. The summed E-state index contributed by atoms with van der Waals surface area (Å²) >= 11 is 2.95. The van der Waals surface area contributed by atoms with Gasteiger partial charge in [-0.2, -0.15) is 5.26 Å². The monoisotopic (exact) mass is 256 g/mol. The molecule has 14 heavy (non-hydrogen) atoms. The van der Waals surface area contributed by atoms with Crippen LogP contribution >= 0.6 is 15.9 Å². The van der Waals surface area contributed by atoms with E-state index in [0.717, 1.165) is 12.1 Å². The maximum absolute atomic E-state index is 12.9. The Balaban J connectivity index is 3.38. The van der Waals surface area contributed by atoms with Gasteiger partial charge in [0.15, 0.2) is 5.78 Å². The molecule has 1 aromatic rings. The second kappa shape index (κ2) is 4.20. The molecule has 2 N–H and O–H groups in total. The molecule has 0 radical (unpaired) electrons. The molecule has 0 saturated heterocycles. The Kier molecular flexibility index (Phi) is 3.20. The average Bonchev–Trinajstić information content (AvgIpc) is 2.19. The molecule has 0 aliphatic rings. The number of halogens is 2. The highest BCUT2D eigenvalue weighted by Crippen LogP contribution is 2.20. The number of hydrogen-bond donors (Lipinski definition) is 1. The lowest BCUT2D eigenvalue weighted by molar-refractivity contribution is 0.102. The van der Waals surface area contributed by atoms with Crippen LogP contribution in [0, 0.1) is 17.1 Å². The fourth-order valence-electron chi connectivity index (χ4n) is 1.01. The summed E-state index contributed by atoms with van der Waals surface area (Å²) in [5, 5.41) is 8.65. The van der Waals surface area contributed by atoms with Gasteiger partial charge >= 0.3 is 0 Å². The van der Waals surface area contributed by atoms with Gasteiger partial charge < -0.3 is 5.73 Å². The van der Waals surface area contributed by atoms with Crippen molar-refractivity contribution >= 4 is 27.4 Å². The first-order valence-corrected chi connectivity index (χ1v) is 4.80. The maximum atomic E-state index is 12.9. The third kappa shape index (κ3) is 1.91. The highest BCUT2D eigenvalue weighted by Gasteiger charge is 2.13. The Hall–Kier alpha value is -1.41. The number of nitrogen functional groups attached to an aromatic ring is 1. The number of anilines is 1. The van der Waals surface area contributed by atoms with Crippen LogP contribution in [-0.2, 0) is 0 Å². The standard InChI is InChI=1S/C9H6BrFN2O/c10-3-8(14)7-2-6(11)1-5(4-12)9(7)13/h1-2H,3,13H2. The van der Waals surface area contributed by atoms with E-state index in [4.69, 9.17) is 11.0 Å². The van der Waals surface area contributed by atoms with Crippen molar-refractivity contribution in [2.24, 2.45) is 0 Å². The molecule has 0 spiro atoms. The van der Waals surface area contributed by atoms with Crippen molar-refractivity contribution in [2.75, 3.05) is 11.1 Å². The summed E-state index contributed by atoms with van der Waals surface area (Å²) in [5.41, 5.74) is 5.56. The molecule has 0 unspecified atom stereocenters. The smallest absolute Gasteiger partial charge is 0.175 e. The summed E-state index contributed by atoms with van der Waals surface area (Å²) in [7, 11) is 0. The SMILES string of the molecule is N#Cc1cc(F)cc(C(=O)CBr)c1N. The molecule has 1 rings (SSSR count). The minimum atomic E-state index is -0.639. The number of nitrogens with zero attached hydrogens (tertiary/aromatic N) is 1. The van der Waals surface area contributed by atoms with Crippen LogP contribution in [0.3, 0.4) is 0 Å². The van der Waals surface area contributed by atoms with Gasteiger partial charge in [0.1, 0.15) is 11.9 Å². The van der Waals surface area contributed by atoms with Gasteiger partial charge in [0.05, 0.1) is 16.6 Å². The molecule has 0 bridgehead atoms. The van der Waals surface area contributed by atoms with E-state index in [-0.39, 0.29) is 27.9 Å². The van der Waals surface area contributed by atoms with E-state index >= 15 is 0 Å². The topological polar surface area (TPSA) is 66.9 Å².